The molecule has 0 aliphatic carbocycles. The maximum absolute atomic E-state index is 11.3. The minimum Gasteiger partial charge on any atom is -0.478 e. The van der Waals surface area contributed by atoms with Gasteiger partial charge in [-0.1, -0.05) is 0 Å². The molecule has 7 heteroatoms. The highest BCUT2D eigenvalue weighted by molar-refractivity contribution is 6.03. The number of rotatable bonds is 4. The third-order valence-electron chi connectivity index (χ3n) is 1.87. The molecule has 17 heavy (non-hydrogen) atoms. The van der Waals surface area contributed by atoms with E-state index in [0.29, 0.717) is 5.56 Å². The maximum Gasteiger partial charge on any atom is 0.338 e. The summed E-state index contributed by atoms with van der Waals surface area (Å²) in [5.41, 5.74) is -0.0513. The number of carboxylic acid groups (broad SMARTS) is 1. The van der Waals surface area contributed by atoms with Gasteiger partial charge in [0.25, 0.3) is 5.91 Å². The van der Waals surface area contributed by atoms with E-state index in [1.807, 2.05) is 5.32 Å². The topological polar surface area (TPSA) is 112 Å². The van der Waals surface area contributed by atoms with Gasteiger partial charge in [-0.3, -0.25) is 10.1 Å². The van der Waals surface area contributed by atoms with E-state index in [4.69, 9.17) is 15.1 Å². The van der Waals surface area contributed by atoms with Crippen molar-refractivity contribution in [2.75, 3.05) is 7.11 Å². The van der Waals surface area contributed by atoms with Crippen LogP contribution in [0.2, 0.25) is 0 Å². The number of ether oxygens (including phenoxy) is 1. The number of amides is 1. The highest BCUT2D eigenvalue weighted by atomic mass is 16.5. The Morgan fingerprint density at radius 3 is 2.88 bits per heavy atom. The molecule has 88 valence electrons. The second kappa shape index (κ2) is 5.58. The van der Waals surface area contributed by atoms with E-state index in [-0.39, 0.29) is 17.9 Å². The minimum absolute atomic E-state index is 0.188. The molecule has 0 saturated heterocycles. The zero-order valence-electron chi connectivity index (χ0n) is 8.93. The SMILES string of the molecule is COCc1cnc(C(=O)NC#N)c(C(=O)O)c1. The third-order valence-corrected chi connectivity index (χ3v) is 1.87. The van der Waals surface area contributed by atoms with Crippen molar-refractivity contribution in [1.29, 1.82) is 5.26 Å². The number of carboxylic acids is 1. The maximum atomic E-state index is 11.3. The van der Waals surface area contributed by atoms with Gasteiger partial charge in [0.05, 0.1) is 12.2 Å². The van der Waals surface area contributed by atoms with Crippen LogP contribution in [0.25, 0.3) is 0 Å². The fourth-order valence-corrected chi connectivity index (χ4v) is 1.21. The lowest BCUT2D eigenvalue weighted by molar-refractivity contribution is 0.0690. The molecule has 0 spiro atoms. The minimum atomic E-state index is -1.29. The molecule has 0 aliphatic rings. The van der Waals surface area contributed by atoms with Crippen molar-refractivity contribution < 1.29 is 19.4 Å². The molecule has 0 saturated carbocycles. The number of nitrogens with one attached hydrogen (secondary N) is 1. The summed E-state index contributed by atoms with van der Waals surface area (Å²) in [5.74, 6) is -2.15. The third kappa shape index (κ3) is 2.99. The first-order valence-corrected chi connectivity index (χ1v) is 4.50. The van der Waals surface area contributed by atoms with Gasteiger partial charge in [-0.05, 0) is 11.6 Å². The van der Waals surface area contributed by atoms with E-state index in [9.17, 15) is 9.59 Å². The van der Waals surface area contributed by atoms with E-state index in [2.05, 4.69) is 4.98 Å². The Balaban J connectivity index is 3.18. The Kier molecular flexibility index (Phi) is 4.14. The van der Waals surface area contributed by atoms with Crippen LogP contribution in [0.15, 0.2) is 12.3 Å². The first kappa shape index (κ1) is 12.6. The Bertz CT molecular complexity index is 493. The fraction of sp³-hybridized carbons (Fsp3) is 0.200. The standard InChI is InChI=1S/C10H9N3O4/c1-17-4-6-2-7(10(15)16)8(12-3-6)9(14)13-5-11/h2-3H,4H2,1H3,(H,13,14)(H,15,16). The summed E-state index contributed by atoms with van der Waals surface area (Å²) in [4.78, 5) is 26.0. The van der Waals surface area contributed by atoms with Gasteiger partial charge in [0.15, 0.2) is 6.19 Å². The van der Waals surface area contributed by atoms with Crippen LogP contribution < -0.4 is 5.32 Å². The number of carbonyl (C=O) groups excluding carboxylic acids is 1. The zero-order chi connectivity index (χ0) is 12.8. The van der Waals surface area contributed by atoms with Crippen LogP contribution in [0, 0.1) is 11.5 Å². The van der Waals surface area contributed by atoms with Gasteiger partial charge in [-0.2, -0.15) is 5.26 Å². The van der Waals surface area contributed by atoms with Gasteiger partial charge < -0.3 is 9.84 Å². The number of nitrogens with zero attached hydrogens (tertiary/aromatic N) is 2. The summed E-state index contributed by atoms with van der Waals surface area (Å²) in [7, 11) is 1.46. The Morgan fingerprint density at radius 2 is 2.35 bits per heavy atom. The highest BCUT2D eigenvalue weighted by Crippen LogP contribution is 2.10. The van der Waals surface area contributed by atoms with Crippen molar-refractivity contribution >= 4 is 11.9 Å². The molecule has 0 unspecified atom stereocenters. The summed E-state index contributed by atoms with van der Waals surface area (Å²) < 4.78 is 4.82. The molecule has 2 N–H and O–H groups in total. The van der Waals surface area contributed by atoms with E-state index in [1.54, 1.807) is 0 Å². The lowest BCUT2D eigenvalue weighted by atomic mass is 10.1. The smallest absolute Gasteiger partial charge is 0.338 e. The van der Waals surface area contributed by atoms with Crippen LogP contribution in [0.5, 0.6) is 0 Å². The van der Waals surface area contributed by atoms with Gasteiger partial charge in [-0.25, -0.2) is 9.78 Å². The van der Waals surface area contributed by atoms with Crippen LogP contribution in [0.1, 0.15) is 26.4 Å². The van der Waals surface area contributed by atoms with Crippen molar-refractivity contribution in [3.8, 4) is 6.19 Å². The highest BCUT2D eigenvalue weighted by Gasteiger charge is 2.18. The summed E-state index contributed by atoms with van der Waals surface area (Å²) in [6.45, 7) is 0.188. The molecule has 0 fully saturated rings. The number of hydrogen-bond donors (Lipinski definition) is 2. The monoisotopic (exact) mass is 235 g/mol. The molecule has 0 aliphatic heterocycles. The van der Waals surface area contributed by atoms with Crippen molar-refractivity contribution in [3.05, 3.63) is 29.1 Å². The molecule has 1 aromatic heterocycles. The Labute approximate surface area is 96.6 Å². The molecule has 0 aromatic carbocycles. The fourth-order valence-electron chi connectivity index (χ4n) is 1.21. The van der Waals surface area contributed by atoms with Crippen LogP contribution in [0.4, 0.5) is 0 Å². The van der Waals surface area contributed by atoms with Crippen molar-refractivity contribution in [3.63, 3.8) is 0 Å². The van der Waals surface area contributed by atoms with Crippen molar-refractivity contribution in [2.24, 2.45) is 0 Å². The van der Waals surface area contributed by atoms with E-state index in [0.717, 1.165) is 0 Å². The number of aromatic nitrogens is 1. The number of nitriles is 1. The van der Waals surface area contributed by atoms with Crippen molar-refractivity contribution in [2.45, 2.75) is 6.61 Å². The molecule has 1 heterocycles. The van der Waals surface area contributed by atoms with Crippen LogP contribution in [0.3, 0.4) is 0 Å². The lowest BCUT2D eigenvalue weighted by Gasteiger charge is -2.05. The molecule has 1 aromatic rings. The summed E-state index contributed by atoms with van der Waals surface area (Å²) >= 11 is 0. The van der Waals surface area contributed by atoms with Crippen LogP contribution >= 0.6 is 0 Å². The van der Waals surface area contributed by atoms with Gasteiger partial charge >= 0.3 is 5.97 Å². The first-order valence-electron chi connectivity index (χ1n) is 4.50. The van der Waals surface area contributed by atoms with Crippen LogP contribution in [-0.4, -0.2) is 29.1 Å². The normalized spacial score (nSPS) is 9.41. The average molecular weight is 235 g/mol. The molecule has 0 bridgehead atoms. The lowest BCUT2D eigenvalue weighted by Crippen LogP contribution is -2.22. The van der Waals surface area contributed by atoms with E-state index >= 15 is 0 Å². The predicted molar refractivity (Wildman–Crippen MR) is 55.0 cm³/mol. The largest absolute Gasteiger partial charge is 0.478 e. The number of hydrogen-bond acceptors (Lipinski definition) is 5. The second-order valence-electron chi connectivity index (χ2n) is 3.04. The van der Waals surface area contributed by atoms with E-state index < -0.39 is 11.9 Å². The van der Waals surface area contributed by atoms with Gasteiger partial charge in [0.2, 0.25) is 0 Å². The average Bonchev–Trinajstić information content (AvgIpc) is 2.29. The number of methoxy groups -OCH3 is 1. The molecule has 0 atom stereocenters. The van der Waals surface area contributed by atoms with Gasteiger partial charge in [0.1, 0.15) is 5.69 Å². The molecular formula is C10H9N3O4. The summed E-state index contributed by atoms with van der Waals surface area (Å²) in [6.07, 6.45) is 2.74. The molecule has 7 nitrogen and oxygen atoms in total. The summed E-state index contributed by atoms with van der Waals surface area (Å²) in [6, 6.07) is 1.28. The number of pyridine rings is 1. The van der Waals surface area contributed by atoms with Crippen LogP contribution in [-0.2, 0) is 11.3 Å². The molecular weight excluding hydrogens is 226 g/mol. The molecule has 1 rings (SSSR count). The van der Waals surface area contributed by atoms with Gasteiger partial charge in [0, 0.05) is 13.3 Å². The molecule has 1 amide bonds. The Morgan fingerprint density at radius 1 is 1.65 bits per heavy atom. The first-order chi connectivity index (χ1) is 8.10. The Hall–Kier alpha value is -2.46. The predicted octanol–water partition coefficient (Wildman–Crippen LogP) is 0.137. The molecule has 0 radical (unpaired) electrons. The number of carbonyl (C=O) groups is 2. The number of aromatic carboxylic acids is 1. The summed E-state index contributed by atoms with van der Waals surface area (Å²) in [5, 5.41) is 19.0. The quantitative estimate of drug-likeness (QED) is 0.566. The van der Waals surface area contributed by atoms with Gasteiger partial charge in [-0.15, -0.1) is 0 Å². The zero-order valence-corrected chi connectivity index (χ0v) is 8.93. The second-order valence-corrected chi connectivity index (χ2v) is 3.04. The van der Waals surface area contributed by atoms with E-state index in [1.165, 1.54) is 25.6 Å². The van der Waals surface area contributed by atoms with Crippen molar-refractivity contribution in [1.82, 2.24) is 10.3 Å².